The van der Waals surface area contributed by atoms with Gasteiger partial charge in [-0.3, -0.25) is 4.79 Å². The molecule has 0 saturated carbocycles. The normalized spacial score (nSPS) is 11.9. The number of thiophene rings is 2. The van der Waals surface area contributed by atoms with Crippen molar-refractivity contribution >= 4 is 50.3 Å². The van der Waals surface area contributed by atoms with Gasteiger partial charge in [-0.2, -0.15) is 0 Å². The molecule has 0 aliphatic rings. The Morgan fingerprint density at radius 1 is 1.28 bits per heavy atom. The van der Waals surface area contributed by atoms with Gasteiger partial charge in [0.1, 0.15) is 21.9 Å². The summed E-state index contributed by atoms with van der Waals surface area (Å²) in [6.07, 6.45) is 2.47. The number of hydrogen-bond acceptors (Lipinski definition) is 6. The minimum absolute atomic E-state index is 0.0522. The summed E-state index contributed by atoms with van der Waals surface area (Å²) >= 11 is 3.10. The Balaban J connectivity index is 2.13. The summed E-state index contributed by atoms with van der Waals surface area (Å²) in [7, 11) is 0. The molecule has 3 aromatic heterocycles. The predicted octanol–water partition coefficient (Wildman–Crippen LogP) is 4.76. The van der Waals surface area contributed by atoms with E-state index >= 15 is 0 Å². The average Bonchev–Trinajstić information content (AvgIpc) is 3.07. The first-order chi connectivity index (χ1) is 11.7. The molecule has 3 rings (SSSR count). The number of hydrogen-bond donors (Lipinski definition) is 2. The van der Waals surface area contributed by atoms with Crippen LogP contribution in [-0.2, 0) is 11.8 Å². The summed E-state index contributed by atoms with van der Waals surface area (Å²) in [5.41, 5.74) is 7.51. The fourth-order valence-corrected chi connectivity index (χ4v) is 4.89. The Hall–Kier alpha value is -1.99. The summed E-state index contributed by atoms with van der Waals surface area (Å²) in [5.74, 6) is 0.303. The third kappa shape index (κ3) is 3.26. The van der Waals surface area contributed by atoms with Gasteiger partial charge < -0.3 is 11.1 Å². The van der Waals surface area contributed by atoms with Gasteiger partial charge >= 0.3 is 0 Å². The molecule has 0 aliphatic heterocycles. The first-order valence-electron chi connectivity index (χ1n) is 8.16. The van der Waals surface area contributed by atoms with Crippen molar-refractivity contribution in [2.45, 2.75) is 46.5 Å². The van der Waals surface area contributed by atoms with E-state index < -0.39 is 5.91 Å². The topological polar surface area (TPSA) is 80.9 Å². The Bertz CT molecular complexity index is 950. The minimum atomic E-state index is -0.425. The molecule has 7 heteroatoms. The van der Waals surface area contributed by atoms with Crippen LogP contribution in [0.3, 0.4) is 0 Å². The number of aromatic nitrogens is 2. The molecular formula is C18H22N4OS2. The number of aryl methyl sites for hydroxylation is 2. The molecule has 0 aromatic carbocycles. The van der Waals surface area contributed by atoms with Crippen LogP contribution < -0.4 is 11.1 Å². The van der Waals surface area contributed by atoms with Crippen molar-refractivity contribution in [2.24, 2.45) is 5.73 Å². The number of nitrogens with one attached hydrogen (secondary N) is 1. The molecule has 3 heterocycles. The number of rotatable bonds is 4. The van der Waals surface area contributed by atoms with Gasteiger partial charge in [0.05, 0.1) is 11.1 Å². The lowest BCUT2D eigenvalue weighted by atomic mass is 9.94. The molecule has 5 nitrogen and oxygen atoms in total. The lowest BCUT2D eigenvalue weighted by Gasteiger charge is -2.15. The van der Waals surface area contributed by atoms with Crippen LogP contribution in [0.5, 0.6) is 0 Å². The first kappa shape index (κ1) is 17.8. The highest BCUT2D eigenvalue weighted by atomic mass is 32.1. The Kier molecular flexibility index (Phi) is 4.55. The van der Waals surface area contributed by atoms with Crippen molar-refractivity contribution < 1.29 is 4.79 Å². The monoisotopic (exact) mass is 374 g/mol. The SMILES string of the molecule is CCc1c(C)sc2ncnc(Nc3cc(C(C)(C)C)sc3C(N)=O)c12. The van der Waals surface area contributed by atoms with Gasteiger partial charge in [-0.15, -0.1) is 22.7 Å². The van der Waals surface area contributed by atoms with Crippen LogP contribution in [0.25, 0.3) is 10.2 Å². The summed E-state index contributed by atoms with van der Waals surface area (Å²) in [6.45, 7) is 10.6. The highest BCUT2D eigenvalue weighted by Gasteiger charge is 2.23. The summed E-state index contributed by atoms with van der Waals surface area (Å²) in [4.78, 5) is 24.6. The number of carbonyl (C=O) groups excluding carboxylic acids is 1. The zero-order valence-electron chi connectivity index (χ0n) is 15.1. The van der Waals surface area contributed by atoms with Crippen molar-refractivity contribution in [2.75, 3.05) is 5.32 Å². The highest BCUT2D eigenvalue weighted by molar-refractivity contribution is 7.18. The van der Waals surface area contributed by atoms with Gasteiger partial charge in [-0.1, -0.05) is 27.7 Å². The molecule has 1 amide bonds. The van der Waals surface area contributed by atoms with Crippen molar-refractivity contribution in [3.63, 3.8) is 0 Å². The van der Waals surface area contributed by atoms with Crippen LogP contribution in [0, 0.1) is 6.92 Å². The summed E-state index contributed by atoms with van der Waals surface area (Å²) in [5, 5.41) is 4.38. The second-order valence-electron chi connectivity index (χ2n) is 6.99. The van der Waals surface area contributed by atoms with Crippen molar-refractivity contribution in [1.29, 1.82) is 0 Å². The van der Waals surface area contributed by atoms with Gasteiger partial charge in [0, 0.05) is 9.75 Å². The van der Waals surface area contributed by atoms with E-state index in [1.807, 2.05) is 6.07 Å². The van der Waals surface area contributed by atoms with Gasteiger partial charge in [0.25, 0.3) is 5.91 Å². The number of primary amides is 1. The second kappa shape index (κ2) is 6.38. The van der Waals surface area contributed by atoms with Gasteiger partial charge in [-0.05, 0) is 30.4 Å². The molecule has 0 unspecified atom stereocenters. The standard InChI is InChI=1S/C18H22N4OS2/c1-6-10-9(2)24-17-13(10)16(20-8-21-17)22-11-7-12(18(3,4)5)25-14(11)15(19)23/h7-8H,6H2,1-5H3,(H2,19,23)(H,20,21,22). The van der Waals surface area contributed by atoms with E-state index in [0.29, 0.717) is 10.6 Å². The molecule has 0 bridgehead atoms. The third-order valence-corrected chi connectivity index (χ3v) is 6.72. The number of anilines is 2. The van der Waals surface area contributed by atoms with E-state index in [0.717, 1.165) is 27.3 Å². The second-order valence-corrected chi connectivity index (χ2v) is 9.24. The van der Waals surface area contributed by atoms with E-state index in [9.17, 15) is 4.79 Å². The van der Waals surface area contributed by atoms with Crippen molar-refractivity contribution in [1.82, 2.24) is 9.97 Å². The van der Waals surface area contributed by atoms with Gasteiger partial charge in [0.2, 0.25) is 0 Å². The zero-order chi connectivity index (χ0) is 18.4. The van der Waals surface area contributed by atoms with Crippen LogP contribution in [-0.4, -0.2) is 15.9 Å². The number of amides is 1. The molecule has 0 radical (unpaired) electrons. The zero-order valence-corrected chi connectivity index (χ0v) is 16.7. The van der Waals surface area contributed by atoms with Crippen LogP contribution in [0.15, 0.2) is 12.4 Å². The Labute approximate surface area is 155 Å². The molecule has 132 valence electrons. The largest absolute Gasteiger partial charge is 0.365 e. The molecule has 3 aromatic rings. The fraction of sp³-hybridized carbons (Fsp3) is 0.389. The van der Waals surface area contributed by atoms with Crippen molar-refractivity contribution in [3.05, 3.63) is 32.6 Å². The highest BCUT2D eigenvalue weighted by Crippen LogP contribution is 2.39. The van der Waals surface area contributed by atoms with E-state index in [1.54, 1.807) is 17.7 Å². The molecule has 3 N–H and O–H groups in total. The maximum atomic E-state index is 11.9. The number of nitrogens with two attached hydrogens (primary N) is 1. The predicted molar refractivity (Wildman–Crippen MR) is 106 cm³/mol. The van der Waals surface area contributed by atoms with Crippen LogP contribution in [0.4, 0.5) is 11.5 Å². The lowest BCUT2D eigenvalue weighted by Crippen LogP contribution is -2.11. The van der Waals surface area contributed by atoms with Crippen LogP contribution in [0.2, 0.25) is 0 Å². The molecule has 0 spiro atoms. The summed E-state index contributed by atoms with van der Waals surface area (Å²) < 4.78 is 0. The van der Waals surface area contributed by atoms with E-state index in [2.05, 4.69) is 49.9 Å². The maximum absolute atomic E-state index is 11.9. The summed E-state index contributed by atoms with van der Waals surface area (Å²) in [6, 6.07) is 2.00. The Morgan fingerprint density at radius 3 is 2.60 bits per heavy atom. The fourth-order valence-electron chi connectivity index (χ4n) is 2.79. The van der Waals surface area contributed by atoms with E-state index in [-0.39, 0.29) is 5.41 Å². The van der Waals surface area contributed by atoms with E-state index in [4.69, 9.17) is 5.73 Å². The molecule has 0 fully saturated rings. The number of fused-ring (bicyclic) bond motifs is 1. The van der Waals surface area contributed by atoms with Crippen molar-refractivity contribution in [3.8, 4) is 0 Å². The molecular weight excluding hydrogens is 352 g/mol. The van der Waals surface area contributed by atoms with Gasteiger partial charge in [-0.25, -0.2) is 9.97 Å². The maximum Gasteiger partial charge on any atom is 0.260 e. The number of carbonyl (C=O) groups is 1. The quantitative estimate of drug-likeness (QED) is 0.689. The molecule has 0 aliphatic carbocycles. The third-order valence-electron chi connectivity index (χ3n) is 4.09. The van der Waals surface area contributed by atoms with Gasteiger partial charge in [0.15, 0.2) is 0 Å². The Morgan fingerprint density at radius 2 is 2.00 bits per heavy atom. The molecule has 25 heavy (non-hydrogen) atoms. The lowest BCUT2D eigenvalue weighted by molar-refractivity contribution is 0.100. The minimum Gasteiger partial charge on any atom is -0.365 e. The molecule has 0 atom stereocenters. The number of nitrogens with zero attached hydrogens (tertiary/aromatic N) is 2. The van der Waals surface area contributed by atoms with Crippen LogP contribution in [0.1, 0.15) is 52.7 Å². The average molecular weight is 375 g/mol. The van der Waals surface area contributed by atoms with Crippen LogP contribution >= 0.6 is 22.7 Å². The smallest absolute Gasteiger partial charge is 0.260 e. The first-order valence-corrected chi connectivity index (χ1v) is 9.79. The van der Waals surface area contributed by atoms with E-state index in [1.165, 1.54) is 21.8 Å². The molecule has 0 saturated heterocycles.